The van der Waals surface area contributed by atoms with Crippen molar-refractivity contribution in [2.45, 2.75) is 59.4 Å². The van der Waals surface area contributed by atoms with Gasteiger partial charge in [-0.05, 0) is 42.9 Å². The van der Waals surface area contributed by atoms with Gasteiger partial charge in [-0.2, -0.15) is 0 Å². The Hall–Kier alpha value is -0.550. The summed E-state index contributed by atoms with van der Waals surface area (Å²) >= 11 is 5.62. The highest BCUT2D eigenvalue weighted by Crippen LogP contribution is 2.70. The molecule has 1 aliphatic heterocycles. The fourth-order valence-corrected chi connectivity index (χ4v) is 8.29. The van der Waals surface area contributed by atoms with E-state index in [4.69, 9.17) is 11.6 Å². The third-order valence-electron chi connectivity index (χ3n) is 7.23. The van der Waals surface area contributed by atoms with Crippen LogP contribution in [0.15, 0.2) is 11.6 Å². The van der Waals surface area contributed by atoms with Gasteiger partial charge in [-0.1, -0.05) is 45.4 Å². The van der Waals surface area contributed by atoms with E-state index in [1.54, 1.807) is 6.08 Å². The highest BCUT2D eigenvalue weighted by Gasteiger charge is 2.72. The average molecular weight is 374 g/mol. The molecule has 136 valence electrons. The topological polar surface area (TPSA) is 54.5 Å². The van der Waals surface area contributed by atoms with Gasteiger partial charge in [-0.3, -0.25) is 4.79 Å². The van der Waals surface area contributed by atoms with Crippen LogP contribution in [0.2, 0.25) is 0 Å². The number of hydrogen-bond donors (Lipinski definition) is 0. The molecule has 0 unspecified atom stereocenters. The molecule has 0 N–H and O–H groups in total. The summed E-state index contributed by atoms with van der Waals surface area (Å²) in [7, 11) is -3.54. The monoisotopic (exact) mass is 373 g/mol. The molecule has 0 aromatic rings. The number of halogens is 1. The highest BCUT2D eigenvalue weighted by molar-refractivity contribution is 7.90. The number of rotatable bonds is 4. The van der Waals surface area contributed by atoms with E-state index in [2.05, 4.69) is 13.8 Å². The first-order valence-electron chi connectivity index (χ1n) is 8.89. The van der Waals surface area contributed by atoms with Crippen LogP contribution in [0.5, 0.6) is 0 Å². The Morgan fingerprint density at radius 2 is 2.04 bits per heavy atom. The quantitative estimate of drug-likeness (QED) is 0.753. The van der Waals surface area contributed by atoms with Crippen molar-refractivity contribution < 1.29 is 13.2 Å². The molecule has 2 aliphatic carbocycles. The van der Waals surface area contributed by atoms with Crippen LogP contribution in [0.4, 0.5) is 0 Å². The summed E-state index contributed by atoms with van der Waals surface area (Å²) in [6.07, 6.45) is 5.07. The van der Waals surface area contributed by atoms with E-state index < -0.39 is 10.0 Å². The van der Waals surface area contributed by atoms with E-state index in [1.807, 2.05) is 13.8 Å². The number of fused-ring (bicyclic) bond motifs is 1. The van der Waals surface area contributed by atoms with Crippen LogP contribution < -0.4 is 0 Å². The summed E-state index contributed by atoms with van der Waals surface area (Å²) in [5.74, 6) is 0.158. The maximum atomic E-state index is 13.2. The first-order chi connectivity index (χ1) is 11.1. The molecule has 0 radical (unpaired) electrons. The molecule has 1 heterocycles. The van der Waals surface area contributed by atoms with Crippen molar-refractivity contribution in [2.75, 3.05) is 5.75 Å². The Morgan fingerprint density at radius 1 is 1.38 bits per heavy atom. The molecule has 3 fully saturated rings. The summed E-state index contributed by atoms with van der Waals surface area (Å²) in [5, 5.41) is 0. The van der Waals surface area contributed by atoms with E-state index in [9.17, 15) is 13.2 Å². The van der Waals surface area contributed by atoms with Crippen LogP contribution in [-0.4, -0.2) is 30.4 Å². The van der Waals surface area contributed by atoms with Crippen LogP contribution in [0.25, 0.3) is 0 Å². The zero-order valence-corrected chi connectivity index (χ0v) is 16.5. The number of carbonyl (C=O) groups is 1. The summed E-state index contributed by atoms with van der Waals surface area (Å²) in [4.78, 5) is 13.2. The van der Waals surface area contributed by atoms with Crippen molar-refractivity contribution in [2.24, 2.45) is 28.6 Å². The molecule has 3 aliphatic rings. The molecule has 0 aromatic heterocycles. The minimum Gasteiger partial charge on any atom is -0.273 e. The lowest BCUT2D eigenvalue weighted by Crippen LogP contribution is -2.47. The Balaban J connectivity index is 1.98. The molecule has 1 saturated heterocycles. The van der Waals surface area contributed by atoms with Gasteiger partial charge in [0.1, 0.15) is 0 Å². The molecule has 6 heteroatoms. The van der Waals surface area contributed by atoms with Crippen LogP contribution in [-0.2, 0) is 14.8 Å². The van der Waals surface area contributed by atoms with Gasteiger partial charge < -0.3 is 0 Å². The van der Waals surface area contributed by atoms with Crippen molar-refractivity contribution in [3.8, 4) is 0 Å². The van der Waals surface area contributed by atoms with E-state index in [1.165, 1.54) is 9.84 Å². The first kappa shape index (κ1) is 18.2. The summed E-state index contributed by atoms with van der Waals surface area (Å²) < 4.78 is 27.2. The maximum absolute atomic E-state index is 13.2. The third-order valence-corrected chi connectivity index (χ3v) is 9.32. The summed E-state index contributed by atoms with van der Waals surface area (Å²) in [6.45, 7) is 8.33. The molecule has 1 spiro atoms. The SMILES string of the molecule is CC(C)[C@H](C/C=C/Cl)C(=O)N1[C@H]2C[C@@H]3CC[C@@]2(CS1(=O)=O)C3(C)C. The fourth-order valence-electron chi connectivity index (χ4n) is 5.60. The lowest BCUT2D eigenvalue weighted by atomic mass is 9.69. The molecular formula is C18H28ClNO3S. The average Bonchev–Trinajstić information content (AvgIpc) is 2.94. The molecule has 2 saturated carbocycles. The maximum Gasteiger partial charge on any atom is 0.240 e. The highest BCUT2D eigenvalue weighted by atomic mass is 35.5. The lowest BCUT2D eigenvalue weighted by molar-refractivity contribution is -0.134. The predicted octanol–water partition coefficient (Wildman–Crippen LogP) is 3.77. The van der Waals surface area contributed by atoms with Gasteiger partial charge >= 0.3 is 0 Å². The smallest absolute Gasteiger partial charge is 0.240 e. The summed E-state index contributed by atoms with van der Waals surface area (Å²) in [6, 6.07) is -0.148. The van der Waals surface area contributed by atoms with Gasteiger partial charge in [0.15, 0.2) is 0 Å². The Bertz CT molecular complexity index is 670. The number of allylic oxidation sites excluding steroid dienone is 1. The van der Waals surface area contributed by atoms with Crippen molar-refractivity contribution in [1.82, 2.24) is 4.31 Å². The number of sulfonamides is 1. The standard InChI is InChI=1S/C18H28ClNO3S/c1-12(2)14(6-5-9-19)16(21)20-15-10-13-7-8-18(15,17(13,3)4)11-24(20,22)23/h5,9,12-15H,6-8,10-11H2,1-4H3/b9-5+/t13-,14-,15-,18-/m0/s1. The van der Waals surface area contributed by atoms with Crippen molar-refractivity contribution in [1.29, 1.82) is 0 Å². The molecule has 0 aromatic carbocycles. The second-order valence-electron chi connectivity index (χ2n) is 8.70. The van der Waals surface area contributed by atoms with Gasteiger partial charge in [-0.15, -0.1) is 0 Å². The van der Waals surface area contributed by atoms with Gasteiger partial charge in [0.05, 0.1) is 11.8 Å². The van der Waals surface area contributed by atoms with E-state index in [0.717, 1.165) is 19.3 Å². The first-order valence-corrected chi connectivity index (χ1v) is 10.9. The zero-order chi connectivity index (χ0) is 17.9. The van der Waals surface area contributed by atoms with Crippen LogP contribution in [0.3, 0.4) is 0 Å². The number of amides is 1. The largest absolute Gasteiger partial charge is 0.273 e. The van der Waals surface area contributed by atoms with E-state index in [0.29, 0.717) is 12.3 Å². The van der Waals surface area contributed by atoms with Crippen LogP contribution in [0, 0.1) is 28.6 Å². The van der Waals surface area contributed by atoms with Crippen LogP contribution >= 0.6 is 11.6 Å². The second kappa shape index (κ2) is 5.73. The number of hydrogen-bond acceptors (Lipinski definition) is 3. The van der Waals surface area contributed by atoms with Crippen molar-refractivity contribution >= 4 is 27.5 Å². The second-order valence-corrected chi connectivity index (χ2v) is 10.8. The minimum atomic E-state index is -3.54. The molecule has 3 rings (SSSR count). The van der Waals surface area contributed by atoms with Gasteiger partial charge in [0, 0.05) is 16.9 Å². The van der Waals surface area contributed by atoms with Gasteiger partial charge in [0.2, 0.25) is 15.9 Å². The summed E-state index contributed by atoms with van der Waals surface area (Å²) in [5.41, 5.74) is 1.14. The number of nitrogens with zero attached hydrogens (tertiary/aromatic N) is 1. The van der Waals surface area contributed by atoms with Gasteiger partial charge in [0.25, 0.3) is 0 Å². The van der Waals surface area contributed by atoms with Crippen LogP contribution in [0.1, 0.15) is 53.4 Å². The Morgan fingerprint density at radius 3 is 2.58 bits per heavy atom. The number of carbonyl (C=O) groups excluding carboxylic acids is 1. The lowest BCUT2D eigenvalue weighted by Gasteiger charge is -2.37. The van der Waals surface area contributed by atoms with Gasteiger partial charge in [-0.25, -0.2) is 12.7 Å². The molecular weight excluding hydrogens is 346 g/mol. The zero-order valence-electron chi connectivity index (χ0n) is 15.0. The van der Waals surface area contributed by atoms with Crippen molar-refractivity contribution in [3.63, 3.8) is 0 Å². The Kier molecular flexibility index (Phi) is 4.36. The fraction of sp³-hybridized carbons (Fsp3) is 0.833. The third kappa shape index (κ3) is 2.30. The predicted molar refractivity (Wildman–Crippen MR) is 95.9 cm³/mol. The Labute approximate surface area is 150 Å². The molecule has 4 nitrogen and oxygen atoms in total. The normalized spacial score (nSPS) is 37.3. The van der Waals surface area contributed by atoms with E-state index >= 15 is 0 Å². The van der Waals surface area contributed by atoms with E-state index in [-0.39, 0.29) is 40.4 Å². The van der Waals surface area contributed by atoms with Crippen molar-refractivity contribution in [3.05, 3.63) is 11.6 Å². The molecule has 4 atom stereocenters. The molecule has 24 heavy (non-hydrogen) atoms. The molecule has 2 bridgehead atoms. The molecule has 1 amide bonds. The minimum absolute atomic E-state index is 0.0108.